The third kappa shape index (κ3) is 1.91. The van der Waals surface area contributed by atoms with Gasteiger partial charge < -0.3 is 0 Å². The quantitative estimate of drug-likeness (QED) is 0.847. The van der Waals surface area contributed by atoms with Gasteiger partial charge in [-0.3, -0.25) is 15.0 Å². The summed E-state index contributed by atoms with van der Waals surface area (Å²) >= 11 is 0. The van der Waals surface area contributed by atoms with E-state index in [0.717, 1.165) is 5.56 Å². The van der Waals surface area contributed by atoms with E-state index in [4.69, 9.17) is 0 Å². The van der Waals surface area contributed by atoms with E-state index in [1.807, 2.05) is 44.2 Å². The smallest absolute Gasteiger partial charge is 0.158 e. The summed E-state index contributed by atoms with van der Waals surface area (Å²) in [6.45, 7) is 4.22. The molecule has 4 nitrogen and oxygen atoms in total. The lowest BCUT2D eigenvalue weighted by Gasteiger charge is -2.40. The summed E-state index contributed by atoms with van der Waals surface area (Å²) in [5.41, 5.74) is 6.47. The first-order chi connectivity index (χ1) is 9.54. The van der Waals surface area contributed by atoms with E-state index < -0.39 is 5.54 Å². The Morgan fingerprint density at radius 3 is 2.65 bits per heavy atom. The number of hydrogen-bond acceptors (Lipinski definition) is 4. The van der Waals surface area contributed by atoms with E-state index >= 15 is 0 Å². The van der Waals surface area contributed by atoms with Crippen LogP contribution in [-0.4, -0.2) is 23.7 Å². The van der Waals surface area contributed by atoms with Gasteiger partial charge in [0.15, 0.2) is 5.78 Å². The Morgan fingerprint density at radius 2 is 1.95 bits per heavy atom. The molecule has 1 saturated carbocycles. The Hall–Kier alpha value is -1.52. The number of ketones is 2. The number of fused-ring (bicyclic) bond motifs is 4. The second kappa shape index (κ2) is 4.79. The van der Waals surface area contributed by atoms with Crippen molar-refractivity contribution in [3.63, 3.8) is 0 Å². The molecular weight excluding hydrogens is 252 g/mol. The van der Waals surface area contributed by atoms with Gasteiger partial charge in [0, 0.05) is 24.3 Å². The Kier molecular flexibility index (Phi) is 3.22. The minimum atomic E-state index is -0.788. The fraction of sp³-hybridized carbons (Fsp3) is 0.500. The van der Waals surface area contributed by atoms with Gasteiger partial charge in [0.1, 0.15) is 5.78 Å². The van der Waals surface area contributed by atoms with Crippen molar-refractivity contribution in [2.24, 2.45) is 17.8 Å². The second-order valence-corrected chi connectivity index (χ2v) is 6.10. The van der Waals surface area contributed by atoms with Crippen molar-refractivity contribution in [1.29, 1.82) is 0 Å². The van der Waals surface area contributed by atoms with Crippen LogP contribution < -0.4 is 10.9 Å². The summed E-state index contributed by atoms with van der Waals surface area (Å²) < 4.78 is 0. The number of hydrazine groups is 1. The zero-order valence-corrected chi connectivity index (χ0v) is 11.8. The van der Waals surface area contributed by atoms with Crippen LogP contribution in [0.1, 0.15) is 19.4 Å². The summed E-state index contributed by atoms with van der Waals surface area (Å²) in [5.74, 6) is -0.370. The molecule has 3 fully saturated rings. The van der Waals surface area contributed by atoms with Gasteiger partial charge in [-0.15, -0.1) is 0 Å². The number of nitrogens with one attached hydrogen (secondary N) is 2. The monoisotopic (exact) mass is 272 g/mol. The molecule has 1 aromatic rings. The summed E-state index contributed by atoms with van der Waals surface area (Å²) in [6, 6.07) is 9.93. The molecular formula is C16H20N2O2. The van der Waals surface area contributed by atoms with Gasteiger partial charge in [-0.05, 0) is 18.9 Å². The summed E-state index contributed by atoms with van der Waals surface area (Å²) in [6.07, 6.45) is 0.641. The van der Waals surface area contributed by atoms with Crippen LogP contribution in [0.5, 0.6) is 0 Å². The maximum absolute atomic E-state index is 12.8. The van der Waals surface area contributed by atoms with Crippen molar-refractivity contribution in [3.05, 3.63) is 35.9 Å². The van der Waals surface area contributed by atoms with Crippen LogP contribution in [-0.2, 0) is 16.0 Å². The molecule has 2 N–H and O–H groups in total. The van der Waals surface area contributed by atoms with Crippen LogP contribution in [0, 0.1) is 17.8 Å². The van der Waals surface area contributed by atoms with Crippen LogP contribution in [0.3, 0.4) is 0 Å². The van der Waals surface area contributed by atoms with Gasteiger partial charge in [-0.25, -0.2) is 5.43 Å². The molecule has 20 heavy (non-hydrogen) atoms. The molecule has 4 rings (SSSR count). The fourth-order valence-corrected chi connectivity index (χ4v) is 3.45. The van der Waals surface area contributed by atoms with Crippen molar-refractivity contribution >= 4 is 11.6 Å². The third-order valence-corrected chi connectivity index (χ3v) is 4.96. The second-order valence-electron chi connectivity index (χ2n) is 6.10. The topological polar surface area (TPSA) is 58.2 Å². The first-order valence-electron chi connectivity index (χ1n) is 7.16. The van der Waals surface area contributed by atoms with Crippen LogP contribution in [0.25, 0.3) is 0 Å². The third-order valence-electron chi connectivity index (χ3n) is 4.96. The van der Waals surface area contributed by atoms with Gasteiger partial charge in [-0.1, -0.05) is 37.3 Å². The van der Waals surface area contributed by atoms with Gasteiger partial charge in [0.25, 0.3) is 0 Å². The highest BCUT2D eigenvalue weighted by molar-refractivity contribution is 6.04. The molecule has 1 aromatic carbocycles. The van der Waals surface area contributed by atoms with Crippen LogP contribution >= 0.6 is 0 Å². The van der Waals surface area contributed by atoms with Crippen LogP contribution in [0.15, 0.2) is 30.3 Å². The predicted octanol–water partition coefficient (Wildman–Crippen LogP) is 1.12. The molecule has 2 bridgehead atoms. The first-order valence-corrected chi connectivity index (χ1v) is 7.16. The minimum absolute atomic E-state index is 0.156. The highest BCUT2D eigenvalue weighted by Crippen LogP contribution is 2.38. The first kappa shape index (κ1) is 13.5. The highest BCUT2D eigenvalue weighted by Gasteiger charge is 2.56. The number of hydrogen-bond donors (Lipinski definition) is 2. The molecule has 2 aliphatic heterocycles. The van der Waals surface area contributed by atoms with Crippen molar-refractivity contribution in [3.8, 4) is 0 Å². The Balaban J connectivity index is 1.95. The number of benzene rings is 1. The van der Waals surface area contributed by atoms with E-state index in [1.54, 1.807) is 0 Å². The van der Waals surface area contributed by atoms with Gasteiger partial charge in [-0.2, -0.15) is 0 Å². The molecule has 3 aliphatic rings. The van der Waals surface area contributed by atoms with Gasteiger partial charge in [0.05, 0.1) is 5.54 Å². The largest absolute Gasteiger partial charge is 0.299 e. The number of rotatable bonds is 2. The Bertz CT molecular complexity index is 543. The predicted molar refractivity (Wildman–Crippen MR) is 75.8 cm³/mol. The van der Waals surface area contributed by atoms with Crippen molar-refractivity contribution in [2.45, 2.75) is 25.8 Å². The van der Waals surface area contributed by atoms with Crippen molar-refractivity contribution in [1.82, 2.24) is 10.9 Å². The van der Waals surface area contributed by atoms with E-state index in [-0.39, 0.29) is 29.3 Å². The number of Topliss-reactive ketones (excluding diaryl/α,β-unsaturated/α-hetero) is 2. The molecule has 1 aliphatic carbocycles. The average Bonchev–Trinajstić information content (AvgIpc) is 2.65. The molecule has 0 radical (unpaired) electrons. The molecule has 4 unspecified atom stereocenters. The molecule has 0 aromatic heterocycles. The van der Waals surface area contributed by atoms with E-state index in [2.05, 4.69) is 10.9 Å². The van der Waals surface area contributed by atoms with Gasteiger partial charge in [0.2, 0.25) is 0 Å². The molecule has 4 atom stereocenters. The average molecular weight is 272 g/mol. The summed E-state index contributed by atoms with van der Waals surface area (Å²) in [4.78, 5) is 25.4. The summed E-state index contributed by atoms with van der Waals surface area (Å²) in [7, 11) is 0. The lowest BCUT2D eigenvalue weighted by molar-refractivity contribution is -0.146. The summed E-state index contributed by atoms with van der Waals surface area (Å²) in [5, 5.41) is 0. The maximum atomic E-state index is 12.8. The SMILES string of the molecule is CC1C(=O)C2CNNC1(C)C(=O)C2Cc1ccccc1. The van der Waals surface area contributed by atoms with E-state index in [0.29, 0.717) is 13.0 Å². The molecule has 2 saturated heterocycles. The van der Waals surface area contributed by atoms with E-state index in [9.17, 15) is 9.59 Å². The van der Waals surface area contributed by atoms with Crippen molar-refractivity contribution < 1.29 is 9.59 Å². The Labute approximate surface area is 118 Å². The lowest BCUT2D eigenvalue weighted by atomic mass is 9.63. The number of carbonyl (C=O) groups is 2. The number of carbonyl (C=O) groups excluding carboxylic acids is 2. The van der Waals surface area contributed by atoms with Crippen LogP contribution in [0.2, 0.25) is 0 Å². The fourth-order valence-electron chi connectivity index (χ4n) is 3.45. The standard InChI is InChI=1S/C16H20N2O2/c1-10-14(19)13-9-17-18-16(10,2)15(20)12(13)8-11-6-4-3-5-7-11/h3-7,10,12-13,17-18H,8-9H2,1-2H3. The molecule has 2 heterocycles. The lowest BCUT2D eigenvalue weighted by Crippen LogP contribution is -2.63. The highest BCUT2D eigenvalue weighted by atomic mass is 16.1. The zero-order chi connectivity index (χ0) is 14.3. The molecule has 4 heteroatoms. The van der Waals surface area contributed by atoms with Crippen molar-refractivity contribution in [2.75, 3.05) is 6.54 Å². The van der Waals surface area contributed by atoms with E-state index in [1.165, 1.54) is 0 Å². The maximum Gasteiger partial charge on any atom is 0.158 e. The molecule has 0 spiro atoms. The van der Waals surface area contributed by atoms with Gasteiger partial charge >= 0.3 is 0 Å². The zero-order valence-electron chi connectivity index (χ0n) is 11.8. The normalized spacial score (nSPS) is 37.0. The van der Waals surface area contributed by atoms with Crippen LogP contribution in [0.4, 0.5) is 0 Å². The molecule has 0 amide bonds. The Morgan fingerprint density at radius 1 is 1.25 bits per heavy atom. The molecule has 106 valence electrons. The minimum Gasteiger partial charge on any atom is -0.299 e.